The van der Waals surface area contributed by atoms with Gasteiger partial charge in [-0.15, -0.1) is 0 Å². The van der Waals surface area contributed by atoms with Gasteiger partial charge in [-0.25, -0.2) is 0 Å². The Hall–Kier alpha value is -0.180. The van der Waals surface area contributed by atoms with Crippen LogP contribution in [0.5, 0.6) is 0 Å². The maximum atomic E-state index is 11.7. The van der Waals surface area contributed by atoms with Gasteiger partial charge in [-0.2, -0.15) is 12.6 Å². The zero-order chi connectivity index (χ0) is 12.1. The summed E-state index contributed by atoms with van der Waals surface area (Å²) in [5, 5.41) is 0. The molecule has 0 N–H and O–H groups in total. The van der Waals surface area contributed by atoms with Crippen molar-refractivity contribution in [3.05, 3.63) is 0 Å². The van der Waals surface area contributed by atoms with E-state index in [1.54, 1.807) is 0 Å². The van der Waals surface area contributed by atoms with Gasteiger partial charge in [0, 0.05) is 19.5 Å². The molecule has 0 aromatic carbocycles. The molecule has 1 amide bonds. The molecule has 1 unspecified atom stereocenters. The average molecular weight is 231 g/mol. The fourth-order valence-corrected chi connectivity index (χ4v) is 1.99. The molecule has 0 saturated heterocycles. The predicted molar refractivity (Wildman–Crippen MR) is 69.4 cm³/mol. The number of nitrogens with zero attached hydrogens (tertiary/aromatic N) is 1. The Morgan fingerprint density at radius 2 is 1.87 bits per heavy atom. The minimum Gasteiger partial charge on any atom is -0.342 e. The number of amides is 1. The smallest absolute Gasteiger partial charge is 0.223 e. The summed E-state index contributed by atoms with van der Waals surface area (Å²) >= 11 is 4.09. The summed E-state index contributed by atoms with van der Waals surface area (Å²) < 4.78 is 0. The van der Waals surface area contributed by atoms with Crippen LogP contribution in [0.2, 0.25) is 0 Å². The quantitative estimate of drug-likeness (QED) is 0.697. The lowest BCUT2D eigenvalue weighted by atomic mass is 9.77. The molecule has 0 aliphatic rings. The lowest BCUT2D eigenvalue weighted by molar-refractivity contribution is -0.133. The van der Waals surface area contributed by atoms with Gasteiger partial charge in [-0.3, -0.25) is 4.79 Å². The standard InChI is InChI=1S/C12H25NOS/c1-6-12(4,7-2)10(3)13(5)11(14)8-9-15/h10,15H,6-9H2,1-5H3. The van der Waals surface area contributed by atoms with Crippen LogP contribution in [-0.4, -0.2) is 29.6 Å². The van der Waals surface area contributed by atoms with Crippen LogP contribution in [0, 0.1) is 5.41 Å². The number of hydrogen-bond acceptors (Lipinski definition) is 2. The molecule has 0 bridgehead atoms. The van der Waals surface area contributed by atoms with Crippen molar-refractivity contribution in [3.8, 4) is 0 Å². The first kappa shape index (κ1) is 14.8. The minimum absolute atomic E-state index is 0.200. The van der Waals surface area contributed by atoms with Gasteiger partial charge >= 0.3 is 0 Å². The third-order valence-electron chi connectivity index (χ3n) is 3.92. The van der Waals surface area contributed by atoms with Gasteiger partial charge in [0.1, 0.15) is 0 Å². The Balaban J connectivity index is 4.54. The van der Waals surface area contributed by atoms with Gasteiger partial charge in [0.15, 0.2) is 0 Å². The van der Waals surface area contributed by atoms with E-state index in [0.717, 1.165) is 12.8 Å². The number of hydrogen-bond donors (Lipinski definition) is 1. The molecule has 15 heavy (non-hydrogen) atoms. The van der Waals surface area contributed by atoms with E-state index in [2.05, 4.69) is 40.3 Å². The zero-order valence-corrected chi connectivity index (χ0v) is 11.6. The molecule has 0 aliphatic heterocycles. The molecule has 0 rings (SSSR count). The van der Waals surface area contributed by atoms with Crippen LogP contribution in [0.3, 0.4) is 0 Å². The molecular weight excluding hydrogens is 206 g/mol. The Kier molecular flexibility index (Phi) is 6.34. The minimum atomic E-state index is 0.200. The molecule has 0 saturated carbocycles. The van der Waals surface area contributed by atoms with Crippen LogP contribution in [0.1, 0.15) is 47.0 Å². The van der Waals surface area contributed by atoms with Crippen LogP contribution in [0.25, 0.3) is 0 Å². The van der Waals surface area contributed by atoms with Gasteiger partial charge in [-0.1, -0.05) is 20.8 Å². The van der Waals surface area contributed by atoms with Crippen LogP contribution >= 0.6 is 12.6 Å². The second-order valence-corrected chi connectivity index (χ2v) is 4.96. The Morgan fingerprint density at radius 3 is 2.20 bits per heavy atom. The lowest BCUT2D eigenvalue weighted by Crippen LogP contribution is -2.45. The largest absolute Gasteiger partial charge is 0.342 e. The highest BCUT2D eigenvalue weighted by Gasteiger charge is 2.31. The van der Waals surface area contributed by atoms with Crippen LogP contribution in [0.15, 0.2) is 0 Å². The first-order chi connectivity index (χ1) is 6.92. The van der Waals surface area contributed by atoms with Gasteiger partial charge in [0.05, 0.1) is 0 Å². The summed E-state index contributed by atoms with van der Waals surface area (Å²) in [5.41, 5.74) is 0.223. The SMILES string of the molecule is CCC(C)(CC)C(C)N(C)C(=O)CCS. The maximum absolute atomic E-state index is 11.7. The van der Waals surface area contributed by atoms with Gasteiger partial charge in [-0.05, 0) is 30.9 Å². The number of carbonyl (C=O) groups excluding carboxylic acids is 1. The van der Waals surface area contributed by atoms with E-state index >= 15 is 0 Å². The van der Waals surface area contributed by atoms with E-state index in [4.69, 9.17) is 0 Å². The molecule has 2 nitrogen and oxygen atoms in total. The average Bonchev–Trinajstić information content (AvgIpc) is 2.26. The molecule has 0 fully saturated rings. The summed E-state index contributed by atoms with van der Waals surface area (Å²) in [4.78, 5) is 13.6. The van der Waals surface area contributed by atoms with Gasteiger partial charge in [0.2, 0.25) is 5.91 Å². The van der Waals surface area contributed by atoms with Crippen molar-refractivity contribution in [2.45, 2.75) is 53.0 Å². The van der Waals surface area contributed by atoms with Crippen molar-refractivity contribution in [2.75, 3.05) is 12.8 Å². The lowest BCUT2D eigenvalue weighted by Gasteiger charge is -2.39. The first-order valence-electron chi connectivity index (χ1n) is 5.79. The Labute approximate surface area is 99.8 Å². The van der Waals surface area contributed by atoms with Gasteiger partial charge in [0.25, 0.3) is 0 Å². The zero-order valence-electron chi connectivity index (χ0n) is 10.7. The normalized spacial score (nSPS) is 13.7. The summed E-state index contributed by atoms with van der Waals surface area (Å²) in [6.45, 7) is 8.78. The molecular formula is C12H25NOS. The summed E-state index contributed by atoms with van der Waals surface area (Å²) in [5.74, 6) is 0.829. The van der Waals surface area contributed by atoms with E-state index in [9.17, 15) is 4.79 Å². The van der Waals surface area contributed by atoms with Crippen LogP contribution in [-0.2, 0) is 4.79 Å². The Morgan fingerprint density at radius 1 is 1.40 bits per heavy atom. The second-order valence-electron chi connectivity index (χ2n) is 4.52. The molecule has 3 heteroatoms. The van der Waals surface area contributed by atoms with Crippen molar-refractivity contribution in [3.63, 3.8) is 0 Å². The molecule has 90 valence electrons. The van der Waals surface area contributed by atoms with E-state index < -0.39 is 0 Å². The molecule has 0 spiro atoms. The van der Waals surface area contributed by atoms with Crippen molar-refractivity contribution in [1.82, 2.24) is 4.90 Å². The van der Waals surface area contributed by atoms with E-state index in [0.29, 0.717) is 18.2 Å². The summed E-state index contributed by atoms with van der Waals surface area (Å²) in [7, 11) is 1.90. The molecule has 1 atom stereocenters. The van der Waals surface area contributed by atoms with Crippen molar-refractivity contribution < 1.29 is 4.79 Å². The third-order valence-corrected chi connectivity index (χ3v) is 4.15. The maximum Gasteiger partial charge on any atom is 0.223 e. The monoisotopic (exact) mass is 231 g/mol. The van der Waals surface area contributed by atoms with E-state index in [1.165, 1.54) is 0 Å². The van der Waals surface area contributed by atoms with Crippen molar-refractivity contribution >= 4 is 18.5 Å². The van der Waals surface area contributed by atoms with Crippen molar-refractivity contribution in [2.24, 2.45) is 5.41 Å². The number of rotatable bonds is 6. The highest BCUT2D eigenvalue weighted by molar-refractivity contribution is 7.80. The summed E-state index contributed by atoms with van der Waals surface area (Å²) in [6.07, 6.45) is 2.74. The topological polar surface area (TPSA) is 20.3 Å². The molecule has 0 heterocycles. The molecule has 0 aromatic rings. The second kappa shape index (κ2) is 6.41. The fourth-order valence-electron chi connectivity index (χ4n) is 1.80. The number of carbonyl (C=O) groups is 1. The third kappa shape index (κ3) is 3.71. The fraction of sp³-hybridized carbons (Fsp3) is 0.917. The first-order valence-corrected chi connectivity index (χ1v) is 6.42. The van der Waals surface area contributed by atoms with Crippen molar-refractivity contribution in [1.29, 1.82) is 0 Å². The Bertz CT molecular complexity index is 202. The molecule has 0 aliphatic carbocycles. The van der Waals surface area contributed by atoms with E-state index in [1.807, 2.05) is 11.9 Å². The highest BCUT2D eigenvalue weighted by atomic mass is 32.1. The molecule has 0 radical (unpaired) electrons. The highest BCUT2D eigenvalue weighted by Crippen LogP contribution is 2.32. The van der Waals surface area contributed by atoms with E-state index in [-0.39, 0.29) is 11.3 Å². The van der Waals surface area contributed by atoms with Gasteiger partial charge < -0.3 is 4.90 Å². The number of thiol groups is 1. The predicted octanol–water partition coefficient (Wildman–Crippen LogP) is 2.98. The molecule has 0 aromatic heterocycles. The van der Waals surface area contributed by atoms with Crippen LogP contribution in [0.4, 0.5) is 0 Å². The van der Waals surface area contributed by atoms with Crippen LogP contribution < -0.4 is 0 Å². The summed E-state index contributed by atoms with van der Waals surface area (Å²) in [6, 6.07) is 0.292.